The number of carbonyl (C=O) groups excluding carboxylic acids is 1. The molecule has 8 nitrogen and oxygen atoms in total. The third-order valence-electron chi connectivity index (χ3n) is 6.34. The number of aromatic nitrogens is 4. The molecule has 0 aliphatic carbocycles. The van der Waals surface area contributed by atoms with Gasteiger partial charge in [0.05, 0.1) is 29.7 Å². The van der Waals surface area contributed by atoms with Crippen LogP contribution in [0.5, 0.6) is 5.75 Å². The van der Waals surface area contributed by atoms with Crippen molar-refractivity contribution in [1.29, 1.82) is 0 Å². The number of carbonyl (C=O) groups is 1. The van der Waals surface area contributed by atoms with Gasteiger partial charge in [-0.25, -0.2) is 14.6 Å². The van der Waals surface area contributed by atoms with Gasteiger partial charge in [0.25, 0.3) is 0 Å². The van der Waals surface area contributed by atoms with E-state index in [0.29, 0.717) is 19.1 Å². The first-order chi connectivity index (χ1) is 17.1. The number of anilines is 1. The molecule has 2 aromatic heterocycles. The minimum Gasteiger partial charge on any atom is -0.494 e. The summed E-state index contributed by atoms with van der Waals surface area (Å²) >= 11 is 0. The summed E-state index contributed by atoms with van der Waals surface area (Å²) < 4.78 is 7.47. The Hall–Kier alpha value is -3.94. The lowest BCUT2D eigenvalue weighted by atomic mass is 10.2. The lowest BCUT2D eigenvalue weighted by molar-refractivity contribution is -0.122. The van der Waals surface area contributed by atoms with Crippen LogP contribution in [-0.2, 0) is 11.2 Å². The number of ether oxygens (including phenoxy) is 1. The molecule has 1 aliphatic rings. The molecule has 1 atom stereocenters. The van der Waals surface area contributed by atoms with Crippen molar-refractivity contribution in [3.63, 3.8) is 0 Å². The van der Waals surface area contributed by atoms with Crippen molar-refractivity contribution in [2.24, 2.45) is 0 Å². The van der Waals surface area contributed by atoms with Crippen LogP contribution in [0.2, 0.25) is 0 Å². The summed E-state index contributed by atoms with van der Waals surface area (Å²) in [5.41, 5.74) is 3.84. The highest BCUT2D eigenvalue weighted by Gasteiger charge is 2.32. The number of hydrogen-bond acceptors (Lipinski definition) is 6. The summed E-state index contributed by atoms with van der Waals surface area (Å²) in [6.45, 7) is 5.88. The first-order valence-corrected chi connectivity index (χ1v) is 12.2. The molecule has 35 heavy (non-hydrogen) atoms. The molecule has 4 aromatic rings. The van der Waals surface area contributed by atoms with E-state index >= 15 is 0 Å². The Morgan fingerprint density at radius 3 is 2.86 bits per heavy atom. The SMILES string of the molecule is CCOc1ccc2nc(N3CCCC3C(=O)NCCc3cnn(-c4ccccc4)c3)nc(C)c2c1. The van der Waals surface area contributed by atoms with E-state index in [1.54, 1.807) is 0 Å². The first-order valence-electron chi connectivity index (χ1n) is 12.2. The molecular formula is C27H30N6O2. The van der Waals surface area contributed by atoms with Gasteiger partial charge in [-0.1, -0.05) is 18.2 Å². The van der Waals surface area contributed by atoms with Crippen LogP contribution in [0, 0.1) is 6.92 Å². The average Bonchev–Trinajstić information content (AvgIpc) is 3.55. The second kappa shape index (κ2) is 10.1. The van der Waals surface area contributed by atoms with Crippen molar-refractivity contribution >= 4 is 22.8 Å². The predicted octanol–water partition coefficient (Wildman–Crippen LogP) is 3.85. The van der Waals surface area contributed by atoms with E-state index in [2.05, 4.69) is 10.4 Å². The summed E-state index contributed by atoms with van der Waals surface area (Å²) in [6.07, 6.45) is 6.31. The van der Waals surface area contributed by atoms with E-state index in [4.69, 9.17) is 14.7 Å². The molecule has 1 N–H and O–H groups in total. The molecule has 180 valence electrons. The Morgan fingerprint density at radius 2 is 2.03 bits per heavy atom. The lowest BCUT2D eigenvalue weighted by Crippen LogP contribution is -2.44. The molecule has 1 saturated heterocycles. The Labute approximate surface area is 205 Å². The number of fused-ring (bicyclic) bond motifs is 1. The normalized spacial score (nSPS) is 15.5. The zero-order valence-electron chi connectivity index (χ0n) is 20.1. The second-order valence-corrected chi connectivity index (χ2v) is 8.74. The number of aryl methyl sites for hydroxylation is 1. The zero-order valence-corrected chi connectivity index (χ0v) is 20.1. The van der Waals surface area contributed by atoms with Gasteiger partial charge in [-0.15, -0.1) is 0 Å². The minimum atomic E-state index is -0.262. The maximum absolute atomic E-state index is 13.1. The maximum Gasteiger partial charge on any atom is 0.242 e. The minimum absolute atomic E-state index is 0.0194. The smallest absolute Gasteiger partial charge is 0.242 e. The average molecular weight is 471 g/mol. The van der Waals surface area contributed by atoms with Gasteiger partial charge in [-0.2, -0.15) is 5.10 Å². The van der Waals surface area contributed by atoms with Gasteiger partial charge < -0.3 is 15.0 Å². The van der Waals surface area contributed by atoms with Gasteiger partial charge in [0.15, 0.2) is 0 Å². The Kier molecular flexibility index (Phi) is 6.61. The van der Waals surface area contributed by atoms with E-state index < -0.39 is 0 Å². The zero-order chi connectivity index (χ0) is 24.2. The van der Waals surface area contributed by atoms with E-state index in [1.165, 1.54) is 0 Å². The van der Waals surface area contributed by atoms with Gasteiger partial charge >= 0.3 is 0 Å². The Bertz CT molecular complexity index is 1320. The summed E-state index contributed by atoms with van der Waals surface area (Å²) in [4.78, 5) is 24.6. The van der Waals surface area contributed by atoms with Crippen LogP contribution in [0.4, 0.5) is 5.95 Å². The lowest BCUT2D eigenvalue weighted by Gasteiger charge is -2.24. The van der Waals surface area contributed by atoms with Crippen LogP contribution in [0.25, 0.3) is 16.6 Å². The van der Waals surface area contributed by atoms with Crippen molar-refractivity contribution in [1.82, 2.24) is 25.1 Å². The van der Waals surface area contributed by atoms with Crippen LogP contribution in [0.15, 0.2) is 60.9 Å². The molecule has 3 heterocycles. The second-order valence-electron chi connectivity index (χ2n) is 8.74. The van der Waals surface area contributed by atoms with Crippen molar-refractivity contribution in [3.05, 3.63) is 72.2 Å². The quantitative estimate of drug-likeness (QED) is 0.421. The third-order valence-corrected chi connectivity index (χ3v) is 6.34. The number of para-hydroxylation sites is 1. The first kappa shape index (κ1) is 22.8. The Balaban J connectivity index is 1.23. The molecule has 0 bridgehead atoms. The van der Waals surface area contributed by atoms with Crippen LogP contribution in [-0.4, -0.2) is 51.4 Å². The summed E-state index contributed by atoms with van der Waals surface area (Å²) in [6, 6.07) is 15.6. The summed E-state index contributed by atoms with van der Waals surface area (Å²) in [5, 5.41) is 8.51. The molecule has 8 heteroatoms. The van der Waals surface area contributed by atoms with E-state index in [0.717, 1.165) is 59.4 Å². The highest BCUT2D eigenvalue weighted by atomic mass is 16.5. The molecule has 2 aromatic carbocycles. The fourth-order valence-electron chi connectivity index (χ4n) is 4.57. The molecule has 0 radical (unpaired) electrons. The standard InChI is InChI=1S/C27H30N6O2/c1-3-35-22-11-12-24-23(16-22)19(2)30-27(31-24)32-15-7-10-25(32)26(34)28-14-13-20-17-29-33(18-20)21-8-5-4-6-9-21/h4-6,8-9,11-12,16-18,25H,3,7,10,13-15H2,1-2H3,(H,28,34). The number of amides is 1. The monoisotopic (exact) mass is 470 g/mol. The highest BCUT2D eigenvalue weighted by Crippen LogP contribution is 2.28. The molecule has 1 aliphatic heterocycles. The number of benzene rings is 2. The number of nitrogens with zero attached hydrogens (tertiary/aromatic N) is 5. The third kappa shape index (κ3) is 4.96. The van der Waals surface area contributed by atoms with Crippen LogP contribution >= 0.6 is 0 Å². The van der Waals surface area contributed by atoms with Gasteiger partial charge in [0.2, 0.25) is 11.9 Å². The molecule has 5 rings (SSSR count). The molecule has 1 amide bonds. The summed E-state index contributed by atoms with van der Waals surface area (Å²) in [7, 11) is 0. The van der Waals surface area contributed by atoms with E-state index in [9.17, 15) is 4.79 Å². The molecule has 1 fully saturated rings. The van der Waals surface area contributed by atoms with Gasteiger partial charge in [0.1, 0.15) is 11.8 Å². The van der Waals surface area contributed by atoms with E-state index in [-0.39, 0.29) is 11.9 Å². The van der Waals surface area contributed by atoms with Crippen molar-refractivity contribution < 1.29 is 9.53 Å². The largest absolute Gasteiger partial charge is 0.494 e. The molecule has 0 spiro atoms. The van der Waals surface area contributed by atoms with Gasteiger partial charge in [-0.05, 0) is 69.0 Å². The topological polar surface area (TPSA) is 85.2 Å². The van der Waals surface area contributed by atoms with E-state index in [1.807, 2.05) is 84.4 Å². The molecular weight excluding hydrogens is 440 g/mol. The van der Waals surface area contributed by atoms with Crippen molar-refractivity contribution in [2.75, 3.05) is 24.6 Å². The number of nitrogens with one attached hydrogen (secondary N) is 1. The highest BCUT2D eigenvalue weighted by molar-refractivity contribution is 5.87. The number of hydrogen-bond donors (Lipinski definition) is 1. The molecule has 0 saturated carbocycles. The fraction of sp³-hybridized carbons (Fsp3) is 0.333. The predicted molar refractivity (Wildman–Crippen MR) is 136 cm³/mol. The maximum atomic E-state index is 13.1. The summed E-state index contributed by atoms with van der Waals surface area (Å²) in [5.74, 6) is 1.44. The van der Waals surface area contributed by atoms with Crippen LogP contribution < -0.4 is 15.0 Å². The van der Waals surface area contributed by atoms with Crippen molar-refractivity contribution in [3.8, 4) is 11.4 Å². The van der Waals surface area contributed by atoms with Crippen molar-refractivity contribution in [2.45, 2.75) is 39.2 Å². The number of rotatable bonds is 8. The van der Waals surface area contributed by atoms with Crippen LogP contribution in [0.1, 0.15) is 31.0 Å². The van der Waals surface area contributed by atoms with Gasteiger partial charge in [-0.3, -0.25) is 4.79 Å². The Morgan fingerprint density at radius 1 is 1.17 bits per heavy atom. The molecule has 1 unspecified atom stereocenters. The van der Waals surface area contributed by atoms with Crippen LogP contribution in [0.3, 0.4) is 0 Å². The fourth-order valence-corrected chi connectivity index (χ4v) is 4.57. The van der Waals surface area contributed by atoms with Gasteiger partial charge in [0, 0.05) is 24.7 Å².